The smallest absolute Gasteiger partial charge is 0.411 e. The van der Waals surface area contributed by atoms with E-state index in [1.54, 1.807) is 19.1 Å². The van der Waals surface area contributed by atoms with E-state index in [1.807, 2.05) is 18.2 Å². The van der Waals surface area contributed by atoms with Crippen LogP contribution in [0.2, 0.25) is 0 Å². The molecule has 2 atom stereocenters. The highest BCUT2D eigenvalue weighted by Crippen LogP contribution is 2.31. The summed E-state index contributed by atoms with van der Waals surface area (Å²) in [6.45, 7) is 1.61. The fourth-order valence-corrected chi connectivity index (χ4v) is 1.72. The van der Waals surface area contributed by atoms with Crippen LogP contribution in [-0.2, 0) is 9.09 Å². The molecule has 0 aliphatic rings. The van der Waals surface area contributed by atoms with Crippen molar-refractivity contribution in [2.45, 2.75) is 19.4 Å². The second kappa shape index (κ2) is 6.33. The van der Waals surface area contributed by atoms with Crippen molar-refractivity contribution < 1.29 is 19.2 Å². The van der Waals surface area contributed by atoms with Crippen molar-refractivity contribution in [2.24, 2.45) is 5.16 Å². The Morgan fingerprint density at radius 3 is 2.62 bits per heavy atom. The van der Waals surface area contributed by atoms with Crippen LogP contribution in [0.5, 0.6) is 0 Å². The number of oxime groups is 1. The summed E-state index contributed by atoms with van der Waals surface area (Å²) in [5, 5.41) is 11.6. The lowest BCUT2D eigenvalue weighted by atomic mass is 10.0. The molecule has 0 bridgehead atoms. The molecule has 0 aliphatic heterocycles. The van der Waals surface area contributed by atoms with Gasteiger partial charge in [-0.2, -0.15) is 0 Å². The maximum atomic E-state index is 10.7. The standard InChI is InChI=1S/C10H12NO4P/c1-8(11-12)7-10(15-16(13)14)9-5-3-2-4-6-9/h2-6,10H,7H2,1H3,(H-,12,13,14)/p+1. The van der Waals surface area contributed by atoms with Crippen LogP contribution in [0.4, 0.5) is 0 Å². The minimum Gasteiger partial charge on any atom is -0.411 e. The van der Waals surface area contributed by atoms with Crippen LogP contribution in [0.15, 0.2) is 35.5 Å². The molecular weight excluding hydrogens is 229 g/mol. The molecule has 16 heavy (non-hydrogen) atoms. The summed E-state index contributed by atoms with van der Waals surface area (Å²) in [5.74, 6) is 0. The Morgan fingerprint density at radius 1 is 1.50 bits per heavy atom. The molecule has 0 heterocycles. The molecule has 2 N–H and O–H groups in total. The summed E-state index contributed by atoms with van der Waals surface area (Å²) in [6, 6.07) is 9.03. The number of hydrogen-bond acceptors (Lipinski definition) is 4. The summed E-state index contributed by atoms with van der Waals surface area (Å²) in [5.41, 5.74) is 1.20. The highest BCUT2D eigenvalue weighted by Gasteiger charge is 2.25. The lowest BCUT2D eigenvalue weighted by molar-refractivity contribution is 0.196. The number of benzene rings is 1. The van der Waals surface area contributed by atoms with Gasteiger partial charge >= 0.3 is 8.25 Å². The lowest BCUT2D eigenvalue weighted by Crippen LogP contribution is -2.05. The molecule has 0 saturated carbocycles. The zero-order valence-corrected chi connectivity index (χ0v) is 9.67. The van der Waals surface area contributed by atoms with Gasteiger partial charge in [0.2, 0.25) is 0 Å². The van der Waals surface area contributed by atoms with Crippen molar-refractivity contribution in [3.8, 4) is 0 Å². The van der Waals surface area contributed by atoms with Crippen LogP contribution in [0.25, 0.3) is 0 Å². The van der Waals surface area contributed by atoms with Gasteiger partial charge in [0.1, 0.15) is 6.10 Å². The van der Waals surface area contributed by atoms with Gasteiger partial charge in [0.05, 0.1) is 5.71 Å². The quantitative estimate of drug-likeness (QED) is 0.360. The summed E-state index contributed by atoms with van der Waals surface area (Å²) in [6.07, 6.45) is -0.312. The third-order valence-corrected chi connectivity index (χ3v) is 2.48. The van der Waals surface area contributed by atoms with Gasteiger partial charge in [0, 0.05) is 11.0 Å². The zero-order valence-electron chi connectivity index (χ0n) is 8.78. The van der Waals surface area contributed by atoms with Gasteiger partial charge in [0.25, 0.3) is 0 Å². The molecule has 1 aromatic rings. The monoisotopic (exact) mass is 242 g/mol. The first-order valence-corrected chi connectivity index (χ1v) is 5.82. The van der Waals surface area contributed by atoms with E-state index in [2.05, 4.69) is 5.16 Å². The minimum absolute atomic E-state index is 0.266. The van der Waals surface area contributed by atoms with E-state index in [9.17, 15) is 4.57 Å². The van der Waals surface area contributed by atoms with E-state index in [-0.39, 0.29) is 6.42 Å². The minimum atomic E-state index is -2.69. The summed E-state index contributed by atoms with van der Waals surface area (Å²) in [4.78, 5) is 8.75. The van der Waals surface area contributed by atoms with Crippen LogP contribution in [0.3, 0.4) is 0 Å². The fourth-order valence-electron chi connectivity index (χ4n) is 1.30. The molecule has 0 fully saturated rings. The van der Waals surface area contributed by atoms with Crippen molar-refractivity contribution in [1.29, 1.82) is 0 Å². The Labute approximate surface area is 94.3 Å². The van der Waals surface area contributed by atoms with Gasteiger partial charge in [-0.05, 0) is 12.5 Å². The Kier molecular flexibility index (Phi) is 5.05. The molecule has 6 heteroatoms. The third kappa shape index (κ3) is 4.06. The van der Waals surface area contributed by atoms with Gasteiger partial charge in [-0.25, -0.2) is 0 Å². The molecule has 0 spiro atoms. The van der Waals surface area contributed by atoms with E-state index in [0.717, 1.165) is 5.56 Å². The van der Waals surface area contributed by atoms with Gasteiger partial charge in [0.15, 0.2) is 0 Å². The zero-order chi connectivity index (χ0) is 12.0. The maximum Gasteiger partial charge on any atom is 0.695 e. The average Bonchev–Trinajstić information content (AvgIpc) is 2.28. The SMILES string of the molecule is CC(CC(O[P+](=O)O)c1ccccc1)=NO. The number of rotatable bonds is 5. The molecule has 0 aliphatic carbocycles. The van der Waals surface area contributed by atoms with Gasteiger partial charge < -0.3 is 5.21 Å². The number of nitrogens with zero attached hydrogens (tertiary/aromatic N) is 1. The highest BCUT2D eigenvalue weighted by atomic mass is 31.1. The topological polar surface area (TPSA) is 79.1 Å². The molecule has 86 valence electrons. The average molecular weight is 242 g/mol. The molecule has 0 aromatic heterocycles. The first-order valence-electron chi connectivity index (χ1n) is 4.69. The van der Waals surface area contributed by atoms with Gasteiger partial charge in [-0.15, -0.1) is 9.42 Å². The van der Waals surface area contributed by atoms with Crippen LogP contribution in [0.1, 0.15) is 25.0 Å². The first kappa shape index (κ1) is 12.8. The largest absolute Gasteiger partial charge is 0.695 e. The second-order valence-corrected chi connectivity index (χ2v) is 3.97. The van der Waals surface area contributed by atoms with E-state index in [1.165, 1.54) is 0 Å². The molecule has 0 radical (unpaired) electrons. The van der Waals surface area contributed by atoms with Gasteiger partial charge in [-0.3, -0.25) is 0 Å². The number of hydrogen-bond donors (Lipinski definition) is 2. The van der Waals surface area contributed by atoms with Crippen molar-refractivity contribution in [3.05, 3.63) is 35.9 Å². The Morgan fingerprint density at radius 2 is 2.12 bits per heavy atom. The molecule has 0 amide bonds. The van der Waals surface area contributed by atoms with E-state index >= 15 is 0 Å². The van der Waals surface area contributed by atoms with E-state index in [0.29, 0.717) is 5.71 Å². The molecule has 0 saturated heterocycles. The maximum absolute atomic E-state index is 10.7. The van der Waals surface area contributed by atoms with Crippen LogP contribution >= 0.6 is 8.25 Å². The van der Waals surface area contributed by atoms with Crippen LogP contribution in [0, 0.1) is 0 Å². The normalized spacial score (nSPS) is 14.6. The molecular formula is C10H13NO4P+. The lowest BCUT2D eigenvalue weighted by Gasteiger charge is -2.09. The highest BCUT2D eigenvalue weighted by molar-refractivity contribution is 7.32. The summed E-state index contributed by atoms with van der Waals surface area (Å²) in [7, 11) is -2.69. The van der Waals surface area contributed by atoms with Crippen molar-refractivity contribution >= 4 is 14.0 Å². The Balaban J connectivity index is 2.83. The second-order valence-electron chi connectivity index (χ2n) is 3.28. The third-order valence-electron chi connectivity index (χ3n) is 2.04. The predicted octanol–water partition coefficient (Wildman–Crippen LogP) is 2.63. The predicted molar refractivity (Wildman–Crippen MR) is 59.6 cm³/mol. The van der Waals surface area contributed by atoms with Crippen LogP contribution < -0.4 is 0 Å². The molecule has 2 unspecified atom stereocenters. The van der Waals surface area contributed by atoms with Crippen molar-refractivity contribution in [2.75, 3.05) is 0 Å². The van der Waals surface area contributed by atoms with E-state index < -0.39 is 14.4 Å². The summed E-state index contributed by atoms with van der Waals surface area (Å²) >= 11 is 0. The molecule has 5 nitrogen and oxygen atoms in total. The first-order chi connectivity index (χ1) is 7.63. The fraction of sp³-hybridized carbons (Fsp3) is 0.300. The Hall–Kier alpha value is -1.29. The molecule has 1 aromatic carbocycles. The van der Waals surface area contributed by atoms with E-state index in [4.69, 9.17) is 14.6 Å². The van der Waals surface area contributed by atoms with Gasteiger partial charge in [-0.1, -0.05) is 35.5 Å². The van der Waals surface area contributed by atoms with Crippen molar-refractivity contribution in [1.82, 2.24) is 0 Å². The van der Waals surface area contributed by atoms with Crippen molar-refractivity contribution in [3.63, 3.8) is 0 Å². The summed E-state index contributed by atoms with van der Waals surface area (Å²) < 4.78 is 15.6. The van der Waals surface area contributed by atoms with Crippen LogP contribution in [-0.4, -0.2) is 15.8 Å². The Bertz CT molecular complexity index is 380. The molecule has 1 rings (SSSR count).